The number of unbranched alkanes of at least 4 members (excludes halogenated alkanes) is 3. The minimum atomic E-state index is 0.339. The smallest absolute Gasteiger partial charge is 0.163 e. The molecule has 1 heteroatoms. The minimum Gasteiger partial charge on any atom is -0.294 e. The molecule has 0 bridgehead atoms. The Kier molecular flexibility index (Phi) is 8.13. The molecular formula is C27H38O. The fourth-order valence-corrected chi connectivity index (χ4v) is 4.80. The average molecular weight is 379 g/mol. The van der Waals surface area contributed by atoms with Gasteiger partial charge in [-0.1, -0.05) is 89.1 Å². The summed E-state index contributed by atoms with van der Waals surface area (Å²) in [6.07, 6.45) is 14.9. The number of carbonyl (C=O) groups excluding carboxylic acids is 1. The second kappa shape index (κ2) is 10.8. The van der Waals surface area contributed by atoms with Crippen molar-refractivity contribution in [1.29, 1.82) is 0 Å². The molecule has 0 unspecified atom stereocenters. The second-order valence-electron chi connectivity index (χ2n) is 9.01. The van der Waals surface area contributed by atoms with Crippen molar-refractivity contribution in [3.8, 4) is 0 Å². The number of ketones is 1. The molecule has 0 atom stereocenters. The molecule has 0 spiro atoms. The Labute approximate surface area is 171 Å². The first-order valence-corrected chi connectivity index (χ1v) is 11.8. The van der Waals surface area contributed by atoms with Crippen molar-refractivity contribution < 1.29 is 4.79 Å². The molecule has 0 aliphatic heterocycles. The van der Waals surface area contributed by atoms with E-state index in [1.54, 1.807) is 0 Å². The molecule has 1 aliphatic rings. The standard InChI is InChI=1S/C27H38O/c1-3-5-7-9-22-14-15-25-20-26(17-16-24(25)18-22)27(28)19-23-12-10-21(11-13-23)8-6-4-2/h14-18,20-21,23H,3-13,19H2,1-2H3/t21-,23-. The summed E-state index contributed by atoms with van der Waals surface area (Å²) in [6, 6.07) is 13.0. The lowest BCUT2D eigenvalue weighted by Crippen LogP contribution is -2.17. The SMILES string of the molecule is CCCCCc1ccc2cc(C(=O)C[C@H]3CC[C@H](CCCC)CC3)ccc2c1. The highest BCUT2D eigenvalue weighted by Crippen LogP contribution is 2.34. The Hall–Kier alpha value is -1.63. The third-order valence-corrected chi connectivity index (χ3v) is 6.70. The number of fused-ring (bicyclic) bond motifs is 1. The molecule has 0 aromatic heterocycles. The maximum absolute atomic E-state index is 12.9. The largest absolute Gasteiger partial charge is 0.294 e. The maximum atomic E-state index is 12.9. The van der Waals surface area contributed by atoms with Gasteiger partial charge in [0.2, 0.25) is 0 Å². The Morgan fingerprint density at radius 1 is 0.821 bits per heavy atom. The first-order valence-electron chi connectivity index (χ1n) is 11.8. The van der Waals surface area contributed by atoms with Gasteiger partial charge in [-0.05, 0) is 59.9 Å². The van der Waals surface area contributed by atoms with Crippen molar-refractivity contribution in [3.63, 3.8) is 0 Å². The number of Topliss-reactive ketones (excluding diaryl/α,β-unsaturated/α-hetero) is 1. The van der Waals surface area contributed by atoms with Crippen LogP contribution in [0.2, 0.25) is 0 Å². The lowest BCUT2D eigenvalue weighted by Gasteiger charge is -2.28. The van der Waals surface area contributed by atoms with E-state index in [1.165, 1.54) is 80.5 Å². The van der Waals surface area contributed by atoms with Gasteiger partial charge in [0.1, 0.15) is 0 Å². The van der Waals surface area contributed by atoms with Crippen LogP contribution >= 0.6 is 0 Å². The number of hydrogen-bond acceptors (Lipinski definition) is 1. The van der Waals surface area contributed by atoms with E-state index >= 15 is 0 Å². The van der Waals surface area contributed by atoms with Crippen LogP contribution in [0.1, 0.15) is 100 Å². The van der Waals surface area contributed by atoms with Crippen LogP contribution in [0, 0.1) is 11.8 Å². The van der Waals surface area contributed by atoms with E-state index in [0.717, 1.165) is 24.3 Å². The lowest BCUT2D eigenvalue weighted by atomic mass is 9.77. The van der Waals surface area contributed by atoms with E-state index in [4.69, 9.17) is 0 Å². The van der Waals surface area contributed by atoms with Crippen molar-refractivity contribution in [2.24, 2.45) is 11.8 Å². The predicted octanol–water partition coefficient (Wildman–Crippen LogP) is 8.14. The predicted molar refractivity (Wildman–Crippen MR) is 121 cm³/mol. The Morgan fingerprint density at radius 3 is 2.25 bits per heavy atom. The zero-order valence-corrected chi connectivity index (χ0v) is 18.0. The summed E-state index contributed by atoms with van der Waals surface area (Å²) in [5.74, 6) is 1.85. The number of benzene rings is 2. The molecule has 152 valence electrons. The number of hydrogen-bond donors (Lipinski definition) is 0. The monoisotopic (exact) mass is 378 g/mol. The Bertz CT molecular complexity index is 752. The Balaban J connectivity index is 1.56. The van der Waals surface area contributed by atoms with Gasteiger partial charge in [-0.25, -0.2) is 0 Å². The van der Waals surface area contributed by atoms with Crippen molar-refractivity contribution in [1.82, 2.24) is 0 Å². The quantitative estimate of drug-likeness (QED) is 0.301. The third kappa shape index (κ3) is 5.93. The molecule has 0 saturated heterocycles. The lowest BCUT2D eigenvalue weighted by molar-refractivity contribution is 0.0942. The fourth-order valence-electron chi connectivity index (χ4n) is 4.80. The topological polar surface area (TPSA) is 17.1 Å². The molecule has 1 fully saturated rings. The van der Waals surface area contributed by atoms with Crippen LogP contribution in [-0.2, 0) is 6.42 Å². The summed E-state index contributed by atoms with van der Waals surface area (Å²) in [5.41, 5.74) is 2.32. The highest BCUT2D eigenvalue weighted by atomic mass is 16.1. The van der Waals surface area contributed by atoms with E-state index in [0.29, 0.717) is 11.7 Å². The highest BCUT2D eigenvalue weighted by molar-refractivity contribution is 6.00. The van der Waals surface area contributed by atoms with Crippen LogP contribution < -0.4 is 0 Å². The summed E-state index contributed by atoms with van der Waals surface area (Å²) < 4.78 is 0. The summed E-state index contributed by atoms with van der Waals surface area (Å²) in [4.78, 5) is 12.9. The van der Waals surface area contributed by atoms with Crippen LogP contribution in [0.4, 0.5) is 0 Å². The van der Waals surface area contributed by atoms with Crippen molar-refractivity contribution in [2.45, 2.75) is 90.9 Å². The van der Waals surface area contributed by atoms with Gasteiger partial charge in [0.25, 0.3) is 0 Å². The van der Waals surface area contributed by atoms with Gasteiger partial charge in [0, 0.05) is 12.0 Å². The molecule has 1 saturated carbocycles. The molecule has 2 aromatic rings. The minimum absolute atomic E-state index is 0.339. The summed E-state index contributed by atoms with van der Waals surface area (Å²) in [5, 5.41) is 2.47. The van der Waals surface area contributed by atoms with Crippen molar-refractivity contribution in [3.05, 3.63) is 47.5 Å². The fraction of sp³-hybridized carbons (Fsp3) is 0.593. The molecule has 0 N–H and O–H groups in total. The van der Waals surface area contributed by atoms with Crippen LogP contribution in [0.5, 0.6) is 0 Å². The van der Waals surface area contributed by atoms with Gasteiger partial charge < -0.3 is 0 Å². The average Bonchev–Trinajstić information content (AvgIpc) is 2.73. The van der Waals surface area contributed by atoms with E-state index in [2.05, 4.69) is 44.2 Å². The second-order valence-corrected chi connectivity index (χ2v) is 9.01. The van der Waals surface area contributed by atoms with Gasteiger partial charge >= 0.3 is 0 Å². The van der Waals surface area contributed by atoms with Gasteiger partial charge in [-0.2, -0.15) is 0 Å². The van der Waals surface area contributed by atoms with Crippen molar-refractivity contribution >= 4 is 16.6 Å². The summed E-state index contributed by atoms with van der Waals surface area (Å²) >= 11 is 0. The van der Waals surface area contributed by atoms with Crippen LogP contribution in [0.15, 0.2) is 36.4 Å². The Morgan fingerprint density at radius 2 is 1.50 bits per heavy atom. The highest BCUT2D eigenvalue weighted by Gasteiger charge is 2.23. The molecule has 1 nitrogen and oxygen atoms in total. The number of aryl methyl sites for hydroxylation is 1. The molecule has 0 amide bonds. The molecule has 2 aromatic carbocycles. The zero-order chi connectivity index (χ0) is 19.8. The van der Waals surface area contributed by atoms with Crippen LogP contribution in [0.3, 0.4) is 0 Å². The molecule has 28 heavy (non-hydrogen) atoms. The van der Waals surface area contributed by atoms with E-state index < -0.39 is 0 Å². The van der Waals surface area contributed by atoms with Gasteiger partial charge in [-0.15, -0.1) is 0 Å². The number of carbonyl (C=O) groups is 1. The normalized spacial score (nSPS) is 19.8. The number of rotatable bonds is 10. The molecule has 3 rings (SSSR count). The first kappa shape index (κ1) is 21.1. The van der Waals surface area contributed by atoms with Gasteiger partial charge in [0.15, 0.2) is 5.78 Å². The van der Waals surface area contributed by atoms with Gasteiger partial charge in [0.05, 0.1) is 0 Å². The van der Waals surface area contributed by atoms with E-state index in [1.807, 2.05) is 6.07 Å². The maximum Gasteiger partial charge on any atom is 0.163 e. The molecule has 0 heterocycles. The first-order chi connectivity index (χ1) is 13.7. The molecule has 0 radical (unpaired) electrons. The van der Waals surface area contributed by atoms with E-state index in [-0.39, 0.29) is 0 Å². The van der Waals surface area contributed by atoms with Crippen LogP contribution in [0.25, 0.3) is 10.8 Å². The molecule has 1 aliphatic carbocycles. The van der Waals surface area contributed by atoms with Crippen molar-refractivity contribution in [2.75, 3.05) is 0 Å². The summed E-state index contributed by atoms with van der Waals surface area (Å²) in [7, 11) is 0. The van der Waals surface area contributed by atoms with Crippen LogP contribution in [-0.4, -0.2) is 5.78 Å². The van der Waals surface area contributed by atoms with Gasteiger partial charge in [-0.3, -0.25) is 4.79 Å². The summed E-state index contributed by atoms with van der Waals surface area (Å²) in [6.45, 7) is 4.53. The van der Waals surface area contributed by atoms with E-state index in [9.17, 15) is 4.79 Å². The molecular weight excluding hydrogens is 340 g/mol. The zero-order valence-electron chi connectivity index (χ0n) is 18.0. The third-order valence-electron chi connectivity index (χ3n) is 6.70.